The highest BCUT2D eigenvalue weighted by molar-refractivity contribution is 9.10. The van der Waals surface area contributed by atoms with Crippen molar-refractivity contribution in [1.29, 1.82) is 0 Å². The van der Waals surface area contributed by atoms with E-state index < -0.39 is 10.1 Å². The van der Waals surface area contributed by atoms with E-state index >= 15 is 0 Å². The normalized spacial score (nSPS) is 11.3. The minimum absolute atomic E-state index is 0.208. The summed E-state index contributed by atoms with van der Waals surface area (Å²) in [6, 6.07) is 26.9. The first-order valence-corrected chi connectivity index (χ1v) is 12.4. The average Bonchev–Trinajstić information content (AvgIpc) is 2.79. The second-order valence-electron chi connectivity index (χ2n) is 7.60. The van der Waals surface area contributed by atoms with E-state index in [-0.39, 0.29) is 4.90 Å². The van der Waals surface area contributed by atoms with Crippen molar-refractivity contribution in [3.63, 3.8) is 0 Å². The fourth-order valence-electron chi connectivity index (χ4n) is 3.19. The van der Waals surface area contributed by atoms with Gasteiger partial charge < -0.3 is 9.45 Å². The molecule has 0 unspecified atom stereocenters. The fourth-order valence-corrected chi connectivity index (χ4v) is 3.93. The smallest absolute Gasteiger partial charge is 0.212 e. The van der Waals surface area contributed by atoms with Gasteiger partial charge in [-0.1, -0.05) is 40.2 Å². The van der Waals surface area contributed by atoms with Crippen LogP contribution in [-0.4, -0.2) is 27.1 Å². The van der Waals surface area contributed by atoms with Gasteiger partial charge in [-0.2, -0.15) is 4.57 Å². The maximum absolute atomic E-state index is 10.4. The van der Waals surface area contributed by atoms with Gasteiger partial charge in [-0.15, -0.1) is 0 Å². The number of anilines is 1. The van der Waals surface area contributed by atoms with E-state index in [0.29, 0.717) is 0 Å². The SMILES string of the molecule is CN(C)c1ccc(/C=C/c2ccc3ccccc3[n+]2C)cc1.O=S(=O)([O-])c1ccc(Br)cc1. The summed E-state index contributed by atoms with van der Waals surface area (Å²) in [5.41, 5.74) is 4.86. The number of aryl methyl sites for hydroxylation is 1. The summed E-state index contributed by atoms with van der Waals surface area (Å²) in [4.78, 5) is 1.90. The molecule has 0 aliphatic carbocycles. The highest BCUT2D eigenvalue weighted by Gasteiger charge is 2.08. The number of para-hydroxylation sites is 1. The zero-order valence-electron chi connectivity index (χ0n) is 18.6. The molecule has 1 aromatic heterocycles. The van der Waals surface area contributed by atoms with Crippen LogP contribution in [0.3, 0.4) is 0 Å². The van der Waals surface area contributed by atoms with Gasteiger partial charge in [-0.05, 0) is 60.2 Å². The number of fused-ring (bicyclic) bond motifs is 1. The number of hydrogen-bond acceptors (Lipinski definition) is 4. The Balaban J connectivity index is 0.000000235. The molecule has 0 saturated heterocycles. The lowest BCUT2D eigenvalue weighted by atomic mass is 10.1. The summed E-state index contributed by atoms with van der Waals surface area (Å²) in [5, 5.41) is 1.26. The van der Waals surface area contributed by atoms with Gasteiger partial charge in [-0.25, -0.2) is 8.42 Å². The van der Waals surface area contributed by atoms with Crippen LogP contribution < -0.4 is 9.47 Å². The third kappa shape index (κ3) is 6.74. The first-order chi connectivity index (χ1) is 15.6. The zero-order chi connectivity index (χ0) is 24.0. The molecule has 0 atom stereocenters. The van der Waals surface area contributed by atoms with Crippen molar-refractivity contribution in [1.82, 2.24) is 0 Å². The van der Waals surface area contributed by atoms with Crippen LogP contribution in [0.4, 0.5) is 5.69 Å². The number of halogens is 1. The van der Waals surface area contributed by atoms with Crippen molar-refractivity contribution in [3.05, 3.63) is 101 Å². The van der Waals surface area contributed by atoms with E-state index in [1.54, 1.807) is 0 Å². The molecule has 4 rings (SSSR count). The number of aromatic nitrogens is 1. The summed E-state index contributed by atoms with van der Waals surface area (Å²) >= 11 is 3.12. The third-order valence-corrected chi connectivity index (χ3v) is 6.46. The van der Waals surface area contributed by atoms with Gasteiger partial charge in [0.25, 0.3) is 0 Å². The van der Waals surface area contributed by atoms with E-state index in [2.05, 4.69) is 119 Å². The number of pyridine rings is 1. The molecule has 0 radical (unpaired) electrons. The van der Waals surface area contributed by atoms with Gasteiger partial charge in [0.15, 0.2) is 0 Å². The zero-order valence-corrected chi connectivity index (χ0v) is 21.0. The lowest BCUT2D eigenvalue weighted by molar-refractivity contribution is -0.646. The lowest BCUT2D eigenvalue weighted by Crippen LogP contribution is -2.32. The third-order valence-electron chi connectivity index (χ3n) is 5.08. The van der Waals surface area contributed by atoms with E-state index in [9.17, 15) is 13.0 Å². The molecule has 7 heteroatoms. The van der Waals surface area contributed by atoms with E-state index in [1.807, 2.05) is 0 Å². The molecule has 5 nitrogen and oxygen atoms in total. The second-order valence-corrected chi connectivity index (χ2v) is 9.90. The van der Waals surface area contributed by atoms with Gasteiger partial charge >= 0.3 is 0 Å². The van der Waals surface area contributed by atoms with Crippen molar-refractivity contribution in [2.75, 3.05) is 19.0 Å². The van der Waals surface area contributed by atoms with Crippen molar-refractivity contribution in [2.45, 2.75) is 4.90 Å². The standard InChI is InChI=1S/C20H21N2.C6H5BrO3S/c1-21(2)18-12-8-16(9-13-18)10-14-19-15-11-17-6-4-5-7-20(17)22(19)3;7-5-1-3-6(4-2-5)11(8,9)10/h4-15H,1-3H3;1-4H,(H,8,9,10)/q+1;/p-1. The maximum Gasteiger partial charge on any atom is 0.212 e. The minimum atomic E-state index is -4.29. The summed E-state index contributed by atoms with van der Waals surface area (Å²) in [5.74, 6) is 0. The lowest BCUT2D eigenvalue weighted by Gasteiger charge is -2.11. The topological polar surface area (TPSA) is 64.3 Å². The monoisotopic (exact) mass is 524 g/mol. The summed E-state index contributed by atoms with van der Waals surface area (Å²) in [6.07, 6.45) is 4.32. The molecule has 1 heterocycles. The Bertz CT molecular complexity index is 1370. The number of benzene rings is 3. The molecule has 170 valence electrons. The number of hydrogen-bond donors (Lipinski definition) is 0. The average molecular weight is 525 g/mol. The molecule has 0 aliphatic heterocycles. The number of nitrogens with zero attached hydrogens (tertiary/aromatic N) is 2. The molecule has 0 saturated carbocycles. The van der Waals surface area contributed by atoms with Crippen LogP contribution in [0.15, 0.2) is 94.3 Å². The Morgan fingerprint density at radius 1 is 0.848 bits per heavy atom. The van der Waals surface area contributed by atoms with E-state index in [0.717, 1.165) is 4.47 Å². The van der Waals surface area contributed by atoms with Crippen molar-refractivity contribution < 1.29 is 17.5 Å². The first kappa shape index (κ1) is 24.6. The van der Waals surface area contributed by atoms with Gasteiger partial charge in [0.1, 0.15) is 17.2 Å². The van der Waals surface area contributed by atoms with Crippen LogP contribution in [0.25, 0.3) is 23.1 Å². The highest BCUT2D eigenvalue weighted by Crippen LogP contribution is 2.16. The summed E-state index contributed by atoms with van der Waals surface area (Å²) in [7, 11) is 1.93. The van der Waals surface area contributed by atoms with Crippen molar-refractivity contribution in [3.8, 4) is 0 Å². The molecule has 3 aromatic carbocycles. The van der Waals surface area contributed by atoms with Crippen LogP contribution in [0.1, 0.15) is 11.3 Å². The quantitative estimate of drug-likeness (QED) is 0.270. The van der Waals surface area contributed by atoms with Crippen LogP contribution in [0.2, 0.25) is 0 Å². The summed E-state index contributed by atoms with van der Waals surface area (Å²) < 4.78 is 34.1. The number of rotatable bonds is 4. The minimum Gasteiger partial charge on any atom is -0.744 e. The van der Waals surface area contributed by atoms with E-state index in [1.165, 1.54) is 52.1 Å². The van der Waals surface area contributed by atoms with Crippen LogP contribution in [-0.2, 0) is 17.2 Å². The van der Waals surface area contributed by atoms with Gasteiger partial charge in [-0.3, -0.25) is 0 Å². The first-order valence-electron chi connectivity index (χ1n) is 10.2. The van der Waals surface area contributed by atoms with E-state index in [4.69, 9.17) is 0 Å². The Morgan fingerprint density at radius 3 is 2.09 bits per heavy atom. The Kier molecular flexibility index (Phi) is 8.02. The maximum atomic E-state index is 10.4. The fraction of sp³-hybridized carbons (Fsp3) is 0.115. The Hall–Kier alpha value is -3.00. The molecule has 0 bridgehead atoms. The molecule has 0 fully saturated rings. The van der Waals surface area contributed by atoms with Crippen LogP contribution in [0.5, 0.6) is 0 Å². The van der Waals surface area contributed by atoms with Crippen LogP contribution >= 0.6 is 15.9 Å². The largest absolute Gasteiger partial charge is 0.744 e. The van der Waals surface area contributed by atoms with Gasteiger partial charge in [0, 0.05) is 47.9 Å². The molecular formula is C26H25BrN2O3S. The highest BCUT2D eigenvalue weighted by atomic mass is 79.9. The predicted molar refractivity (Wildman–Crippen MR) is 137 cm³/mol. The van der Waals surface area contributed by atoms with Gasteiger partial charge in [0.05, 0.1) is 4.90 Å². The van der Waals surface area contributed by atoms with Gasteiger partial charge in [0.2, 0.25) is 11.2 Å². The van der Waals surface area contributed by atoms with Crippen molar-refractivity contribution in [2.24, 2.45) is 7.05 Å². The molecular weight excluding hydrogens is 500 g/mol. The molecule has 0 aliphatic rings. The molecule has 4 aromatic rings. The predicted octanol–water partition coefficient (Wildman–Crippen LogP) is 5.25. The van der Waals surface area contributed by atoms with Crippen molar-refractivity contribution >= 4 is 54.8 Å². The second kappa shape index (κ2) is 10.7. The molecule has 0 spiro atoms. The summed E-state index contributed by atoms with van der Waals surface area (Å²) in [6.45, 7) is 0. The Morgan fingerprint density at radius 2 is 1.48 bits per heavy atom. The molecule has 33 heavy (non-hydrogen) atoms. The Labute approximate surface area is 203 Å². The van der Waals surface area contributed by atoms with Crippen LogP contribution in [0, 0.1) is 0 Å². The molecule has 0 amide bonds. The molecule has 0 N–H and O–H groups in total.